The van der Waals surface area contributed by atoms with E-state index in [4.69, 9.17) is 9.47 Å². The van der Waals surface area contributed by atoms with E-state index in [-0.39, 0.29) is 36.5 Å². The second-order valence-electron chi connectivity index (χ2n) is 10.7. The van der Waals surface area contributed by atoms with E-state index in [9.17, 15) is 14.7 Å². The molecule has 1 saturated heterocycles. The van der Waals surface area contributed by atoms with Crippen molar-refractivity contribution in [3.05, 3.63) is 23.3 Å². The molecule has 0 aromatic carbocycles. The summed E-state index contributed by atoms with van der Waals surface area (Å²) in [4.78, 5) is 24.7. The summed E-state index contributed by atoms with van der Waals surface area (Å²) in [5, 5.41) is 9.96. The van der Waals surface area contributed by atoms with Crippen molar-refractivity contribution in [1.29, 1.82) is 0 Å². The van der Waals surface area contributed by atoms with E-state index in [1.54, 1.807) is 0 Å². The highest BCUT2D eigenvalue weighted by molar-refractivity contribution is 5.76. The van der Waals surface area contributed by atoms with Gasteiger partial charge < -0.3 is 14.6 Å². The van der Waals surface area contributed by atoms with Crippen LogP contribution in [-0.4, -0.2) is 35.4 Å². The van der Waals surface area contributed by atoms with Crippen LogP contribution in [0.1, 0.15) is 80.1 Å². The van der Waals surface area contributed by atoms with Crippen molar-refractivity contribution >= 4 is 11.9 Å². The molecule has 0 amide bonds. The number of cyclic esters (lactones) is 1. The number of esters is 2. The Morgan fingerprint density at radius 3 is 2.61 bits per heavy atom. The van der Waals surface area contributed by atoms with Gasteiger partial charge in [-0.1, -0.05) is 38.5 Å². The van der Waals surface area contributed by atoms with Crippen molar-refractivity contribution in [2.24, 2.45) is 29.1 Å². The first-order valence-electron chi connectivity index (χ1n) is 12.0. The maximum atomic E-state index is 12.9. The van der Waals surface area contributed by atoms with Gasteiger partial charge in [0.15, 0.2) is 0 Å². The number of hydrogen-bond donors (Lipinski definition) is 1. The lowest BCUT2D eigenvalue weighted by Gasteiger charge is -2.45. The Morgan fingerprint density at radius 1 is 1.26 bits per heavy atom. The Labute approximate surface area is 187 Å². The molecule has 7 atom stereocenters. The topological polar surface area (TPSA) is 72.8 Å². The minimum absolute atomic E-state index is 0.0941. The van der Waals surface area contributed by atoms with E-state index in [0.717, 1.165) is 25.7 Å². The molecule has 0 bridgehead atoms. The van der Waals surface area contributed by atoms with Crippen molar-refractivity contribution < 1.29 is 24.2 Å². The Bertz CT molecular complexity index is 749. The van der Waals surface area contributed by atoms with Crippen LogP contribution in [-0.2, 0) is 19.1 Å². The molecule has 2 aliphatic carbocycles. The molecule has 7 unspecified atom stereocenters. The van der Waals surface area contributed by atoms with Crippen LogP contribution in [0, 0.1) is 29.1 Å². The van der Waals surface area contributed by atoms with E-state index < -0.39 is 11.5 Å². The fraction of sp³-hybridized carbons (Fsp3) is 0.769. The quantitative estimate of drug-likeness (QED) is 0.600. The Morgan fingerprint density at radius 2 is 1.97 bits per heavy atom. The lowest BCUT2D eigenvalue weighted by Crippen LogP contribution is -2.44. The van der Waals surface area contributed by atoms with Crippen molar-refractivity contribution in [2.75, 3.05) is 0 Å². The van der Waals surface area contributed by atoms with Crippen molar-refractivity contribution in [3.63, 3.8) is 0 Å². The first-order valence-corrected chi connectivity index (χ1v) is 12.0. The minimum Gasteiger partial charge on any atom is -0.462 e. The summed E-state index contributed by atoms with van der Waals surface area (Å²) in [5.41, 5.74) is 2.15. The number of allylic oxidation sites excluding steroid dienone is 3. The first kappa shape index (κ1) is 24.0. The summed E-state index contributed by atoms with van der Waals surface area (Å²) in [6.45, 7) is 12.5. The maximum absolute atomic E-state index is 12.9. The molecule has 3 rings (SSSR count). The van der Waals surface area contributed by atoms with E-state index in [2.05, 4.69) is 32.9 Å². The van der Waals surface area contributed by atoms with Crippen LogP contribution in [0.5, 0.6) is 0 Å². The van der Waals surface area contributed by atoms with Crippen molar-refractivity contribution in [3.8, 4) is 0 Å². The van der Waals surface area contributed by atoms with E-state index >= 15 is 0 Å². The van der Waals surface area contributed by atoms with Crippen molar-refractivity contribution in [1.82, 2.24) is 0 Å². The van der Waals surface area contributed by atoms with Gasteiger partial charge in [0.2, 0.25) is 0 Å². The molecule has 0 aromatic heterocycles. The van der Waals surface area contributed by atoms with Gasteiger partial charge >= 0.3 is 11.9 Å². The third-order valence-electron chi connectivity index (χ3n) is 7.83. The normalized spacial score (nSPS) is 36.1. The Hall–Kier alpha value is -1.62. The van der Waals surface area contributed by atoms with Crippen LogP contribution < -0.4 is 0 Å². The molecule has 31 heavy (non-hydrogen) atoms. The zero-order chi connectivity index (χ0) is 22.9. The highest BCUT2D eigenvalue weighted by atomic mass is 16.6. The lowest BCUT2D eigenvalue weighted by molar-refractivity contribution is -0.166. The zero-order valence-electron chi connectivity index (χ0n) is 20.0. The summed E-state index contributed by atoms with van der Waals surface area (Å²) in [6.07, 6.45) is 7.45. The molecule has 3 aliphatic rings. The predicted molar refractivity (Wildman–Crippen MR) is 120 cm³/mol. The predicted octanol–water partition coefficient (Wildman–Crippen LogP) is 4.98. The van der Waals surface area contributed by atoms with Crippen LogP contribution in [0.3, 0.4) is 0 Å². The third kappa shape index (κ3) is 5.42. The lowest BCUT2D eigenvalue weighted by atomic mass is 9.63. The van der Waals surface area contributed by atoms with Crippen molar-refractivity contribution in [2.45, 2.75) is 98.4 Å². The second-order valence-corrected chi connectivity index (χ2v) is 10.7. The number of rotatable bonds is 6. The third-order valence-corrected chi connectivity index (χ3v) is 7.83. The smallest absolute Gasteiger partial charge is 0.311 e. The summed E-state index contributed by atoms with van der Waals surface area (Å²) in [5.74, 6) is 0.772. The molecule has 5 heteroatoms. The molecule has 5 nitrogen and oxygen atoms in total. The van der Waals surface area contributed by atoms with Crippen LogP contribution >= 0.6 is 0 Å². The van der Waals surface area contributed by atoms with Gasteiger partial charge in [-0.25, -0.2) is 0 Å². The van der Waals surface area contributed by atoms with E-state index in [1.807, 2.05) is 20.8 Å². The average molecular weight is 433 g/mol. The van der Waals surface area contributed by atoms with Crippen LogP contribution in [0.25, 0.3) is 0 Å². The number of aliphatic hydroxyl groups excluding tert-OH is 1. The highest BCUT2D eigenvalue weighted by Crippen LogP contribution is 2.47. The molecule has 0 aromatic rings. The van der Waals surface area contributed by atoms with E-state index in [1.165, 1.54) is 11.1 Å². The summed E-state index contributed by atoms with van der Waals surface area (Å²) >= 11 is 0. The summed E-state index contributed by atoms with van der Waals surface area (Å²) < 4.78 is 11.7. The Kier molecular flexibility index (Phi) is 7.35. The van der Waals surface area contributed by atoms with Gasteiger partial charge in [-0.15, -0.1) is 0 Å². The van der Waals surface area contributed by atoms with E-state index in [0.29, 0.717) is 24.2 Å². The number of carbonyl (C=O) groups excluding carboxylic acids is 2. The van der Waals surface area contributed by atoms with Gasteiger partial charge in [0.1, 0.15) is 12.2 Å². The van der Waals surface area contributed by atoms with Crippen LogP contribution in [0.4, 0.5) is 0 Å². The molecule has 0 saturated carbocycles. The second kappa shape index (κ2) is 9.48. The molecule has 1 fully saturated rings. The number of hydrogen-bond acceptors (Lipinski definition) is 5. The largest absolute Gasteiger partial charge is 0.462 e. The molecular formula is C26H40O5. The standard InChI is InChI=1S/C26H40O5/c1-7-26(5,6)25(29)31-22-11-15(2)10-18-12-16(3)17(4)21(24(18)22)9-8-20-13-19(27)14-23(28)30-20/h10,12,15,17,19-22,24,27H,7-9,11,13-14H2,1-6H3. The van der Waals surface area contributed by atoms with Gasteiger partial charge in [-0.05, 0) is 69.8 Å². The molecular weight excluding hydrogens is 392 g/mol. The molecule has 1 aliphatic heterocycles. The van der Waals surface area contributed by atoms with Gasteiger partial charge in [0, 0.05) is 12.3 Å². The van der Waals surface area contributed by atoms with Gasteiger partial charge in [0.25, 0.3) is 0 Å². The molecule has 1 N–H and O–H groups in total. The van der Waals surface area contributed by atoms with Crippen LogP contribution in [0.15, 0.2) is 23.3 Å². The SMILES string of the molecule is CCC(C)(C)C(=O)OC1CC(C)C=C2C=C(C)C(C)C(CCC3CC(O)CC(=O)O3)C21. The van der Waals surface area contributed by atoms with Gasteiger partial charge in [0.05, 0.1) is 17.9 Å². The highest BCUT2D eigenvalue weighted by Gasteiger charge is 2.44. The Balaban J connectivity index is 1.81. The minimum atomic E-state index is -0.604. The number of carbonyl (C=O) groups is 2. The monoisotopic (exact) mass is 432 g/mol. The van der Waals surface area contributed by atoms with Crippen LogP contribution in [0.2, 0.25) is 0 Å². The molecule has 1 heterocycles. The first-order chi connectivity index (χ1) is 14.5. The maximum Gasteiger partial charge on any atom is 0.311 e. The molecule has 0 radical (unpaired) electrons. The number of fused-ring (bicyclic) bond motifs is 1. The van der Waals surface area contributed by atoms with Gasteiger partial charge in [-0.3, -0.25) is 9.59 Å². The zero-order valence-corrected chi connectivity index (χ0v) is 20.0. The number of ether oxygens (including phenoxy) is 2. The summed E-state index contributed by atoms with van der Waals surface area (Å²) in [6, 6.07) is 0. The molecule has 0 spiro atoms. The molecule has 174 valence electrons. The summed E-state index contributed by atoms with van der Waals surface area (Å²) in [7, 11) is 0. The fourth-order valence-corrected chi connectivity index (χ4v) is 5.35. The number of aliphatic hydroxyl groups is 1. The van der Waals surface area contributed by atoms with Gasteiger partial charge in [-0.2, -0.15) is 0 Å². The average Bonchev–Trinajstić information content (AvgIpc) is 2.67. The fourth-order valence-electron chi connectivity index (χ4n) is 5.35.